The van der Waals surface area contributed by atoms with E-state index in [0.29, 0.717) is 17.5 Å². The van der Waals surface area contributed by atoms with E-state index < -0.39 is 0 Å². The number of aromatic nitrogens is 3. The third-order valence-electron chi connectivity index (χ3n) is 7.80. The molecule has 0 atom stereocenters. The number of rotatable bonds is 5. The number of aryl methyl sites for hydroxylation is 4. The van der Waals surface area contributed by atoms with Gasteiger partial charge in [0, 0.05) is 22.4 Å². The van der Waals surface area contributed by atoms with Gasteiger partial charge < -0.3 is 5.32 Å². The van der Waals surface area contributed by atoms with Crippen LogP contribution in [0.2, 0.25) is 5.02 Å². The van der Waals surface area contributed by atoms with Crippen LogP contribution in [0.25, 0.3) is 34.2 Å². The minimum atomic E-state index is 0.682. The average Bonchev–Trinajstić information content (AvgIpc) is 3.04. The largest absolute Gasteiger partial charge is 0.354 e. The van der Waals surface area contributed by atoms with E-state index >= 15 is 0 Å². The van der Waals surface area contributed by atoms with Crippen LogP contribution in [0, 0.1) is 0 Å². The highest BCUT2D eigenvalue weighted by Crippen LogP contribution is 2.32. The first-order valence-electron chi connectivity index (χ1n) is 14.3. The first-order chi connectivity index (χ1) is 20.7. The van der Waals surface area contributed by atoms with Gasteiger partial charge in [0.05, 0.1) is 10.7 Å². The lowest BCUT2D eigenvalue weighted by Gasteiger charge is -2.18. The molecule has 0 spiro atoms. The molecule has 1 heterocycles. The second-order valence-electron chi connectivity index (χ2n) is 10.6. The highest BCUT2D eigenvalue weighted by molar-refractivity contribution is 6.33. The summed E-state index contributed by atoms with van der Waals surface area (Å²) in [6, 6.07) is 41.8. The van der Waals surface area contributed by atoms with Crippen LogP contribution >= 0.6 is 11.6 Å². The van der Waals surface area contributed by atoms with Crippen molar-refractivity contribution >= 4 is 23.0 Å². The Hall–Kier alpha value is -4.80. The van der Waals surface area contributed by atoms with Crippen molar-refractivity contribution in [3.05, 3.63) is 149 Å². The molecule has 5 heteroatoms. The Morgan fingerprint density at radius 2 is 1.02 bits per heavy atom. The highest BCUT2D eigenvalue weighted by Gasteiger charge is 2.17. The van der Waals surface area contributed by atoms with Gasteiger partial charge in [-0.05, 0) is 72.2 Å². The fraction of sp³-hybridized carbons (Fsp3) is 0.108. The molecule has 0 unspecified atom stereocenters. The number of hydrogen-bond donors (Lipinski definition) is 1. The van der Waals surface area contributed by atoms with Gasteiger partial charge in [-0.15, -0.1) is 0 Å². The van der Waals surface area contributed by atoms with Crippen molar-refractivity contribution < 1.29 is 0 Å². The molecule has 10 rings (SSSR count). The lowest BCUT2D eigenvalue weighted by molar-refractivity contribution is 0.921. The minimum Gasteiger partial charge on any atom is -0.354 e. The van der Waals surface area contributed by atoms with Crippen LogP contribution in [-0.4, -0.2) is 15.0 Å². The van der Waals surface area contributed by atoms with Crippen molar-refractivity contribution in [1.82, 2.24) is 15.0 Å². The zero-order valence-electron chi connectivity index (χ0n) is 23.1. The quantitative estimate of drug-likeness (QED) is 0.227. The maximum absolute atomic E-state index is 6.49. The Morgan fingerprint density at radius 1 is 0.476 bits per heavy atom. The van der Waals surface area contributed by atoms with Crippen LogP contribution in [-0.2, 0) is 25.7 Å². The van der Waals surface area contributed by atoms with E-state index in [9.17, 15) is 0 Å². The molecule has 1 N–H and O–H groups in total. The zero-order valence-corrected chi connectivity index (χ0v) is 23.9. The average molecular weight is 565 g/mol. The van der Waals surface area contributed by atoms with E-state index in [1.807, 2.05) is 60.7 Å². The van der Waals surface area contributed by atoms with Crippen LogP contribution < -0.4 is 5.32 Å². The lowest BCUT2D eigenvalue weighted by atomic mass is 9.92. The van der Waals surface area contributed by atoms with Crippen molar-refractivity contribution in [3.63, 3.8) is 0 Å². The summed E-state index contributed by atoms with van der Waals surface area (Å²) >= 11 is 6.49. The molecule has 4 nitrogen and oxygen atoms in total. The van der Waals surface area contributed by atoms with E-state index in [1.54, 1.807) is 0 Å². The van der Waals surface area contributed by atoms with Crippen molar-refractivity contribution in [2.75, 3.05) is 5.32 Å². The second-order valence-corrected chi connectivity index (χ2v) is 11.0. The number of benzene rings is 5. The summed E-state index contributed by atoms with van der Waals surface area (Å²) in [5, 5.41) is 4.32. The monoisotopic (exact) mass is 564 g/mol. The Morgan fingerprint density at radius 3 is 1.69 bits per heavy atom. The number of hydrogen-bond acceptors (Lipinski definition) is 4. The van der Waals surface area contributed by atoms with Gasteiger partial charge in [-0.2, -0.15) is 0 Å². The van der Waals surface area contributed by atoms with E-state index in [1.165, 1.54) is 22.3 Å². The van der Waals surface area contributed by atoms with E-state index in [0.717, 1.165) is 58.8 Å². The van der Waals surface area contributed by atoms with Crippen LogP contribution in [0.4, 0.5) is 11.4 Å². The lowest BCUT2D eigenvalue weighted by Crippen LogP contribution is -2.06. The van der Waals surface area contributed by atoms with Crippen molar-refractivity contribution in [3.8, 4) is 34.2 Å². The smallest absolute Gasteiger partial charge is 0.164 e. The SMILES string of the molecule is Clc1ccccc1Nc1cc2ccc1CCc1ccc(c(-c3nc(-c4ccccc4)nc(-c4ccccc4)n3)c1)CC2. The van der Waals surface area contributed by atoms with Gasteiger partial charge in [-0.25, -0.2) is 15.0 Å². The summed E-state index contributed by atoms with van der Waals surface area (Å²) in [5.74, 6) is 2.08. The van der Waals surface area contributed by atoms with Gasteiger partial charge in [-0.1, -0.05) is 109 Å². The number of nitrogens with zero attached hydrogens (tertiary/aromatic N) is 3. The third-order valence-corrected chi connectivity index (χ3v) is 8.13. The summed E-state index contributed by atoms with van der Waals surface area (Å²) in [5.41, 5.74) is 10.1. The van der Waals surface area contributed by atoms with E-state index in [-0.39, 0.29) is 0 Å². The fourth-order valence-corrected chi connectivity index (χ4v) is 5.70. The van der Waals surface area contributed by atoms with E-state index in [4.69, 9.17) is 26.6 Å². The maximum Gasteiger partial charge on any atom is 0.164 e. The molecule has 204 valence electrons. The molecule has 42 heavy (non-hydrogen) atoms. The van der Waals surface area contributed by atoms with Crippen molar-refractivity contribution in [2.24, 2.45) is 0 Å². The number of anilines is 2. The summed E-state index contributed by atoms with van der Waals surface area (Å²) < 4.78 is 0. The second kappa shape index (κ2) is 11.6. The third kappa shape index (κ3) is 5.54. The molecule has 4 aliphatic carbocycles. The van der Waals surface area contributed by atoms with Gasteiger partial charge in [0.15, 0.2) is 17.5 Å². The molecule has 5 aromatic carbocycles. The first-order valence-corrected chi connectivity index (χ1v) is 14.7. The van der Waals surface area contributed by atoms with Crippen LogP contribution in [0.5, 0.6) is 0 Å². The van der Waals surface area contributed by atoms with Crippen LogP contribution in [0.15, 0.2) is 121 Å². The Labute approximate surface area is 251 Å². The topological polar surface area (TPSA) is 50.7 Å². The number of para-hydroxylation sites is 1. The van der Waals surface area contributed by atoms with Gasteiger partial charge in [0.25, 0.3) is 0 Å². The highest BCUT2D eigenvalue weighted by atomic mass is 35.5. The standard InChI is InChI=1S/C37H29ClN4/c38-32-13-7-8-14-33(32)39-34-24-26-16-20-27-19-15-25(17-21-28(34)22-18-26)23-31(27)37-41-35(29-9-3-1-4-10-29)40-36(42-37)30-11-5-2-6-12-30/h1-15,18-19,22-24,39H,16-17,20-21H2. The summed E-state index contributed by atoms with van der Waals surface area (Å²) in [6.07, 6.45) is 3.55. The molecule has 4 bridgehead atoms. The molecular formula is C37H29ClN4. The normalized spacial score (nSPS) is 12.5. The molecule has 0 amide bonds. The Kier molecular flexibility index (Phi) is 7.21. The number of halogens is 1. The van der Waals surface area contributed by atoms with E-state index in [2.05, 4.69) is 66.0 Å². The van der Waals surface area contributed by atoms with Crippen LogP contribution in [0.1, 0.15) is 22.3 Å². The molecule has 6 aromatic rings. The molecule has 4 aliphatic rings. The van der Waals surface area contributed by atoms with Gasteiger partial charge in [0.2, 0.25) is 0 Å². The Bertz CT molecular complexity index is 1810. The van der Waals surface area contributed by atoms with Gasteiger partial charge in [-0.3, -0.25) is 0 Å². The summed E-state index contributed by atoms with van der Waals surface area (Å²) in [4.78, 5) is 15.0. The maximum atomic E-state index is 6.49. The molecule has 0 saturated heterocycles. The minimum absolute atomic E-state index is 0.682. The van der Waals surface area contributed by atoms with Gasteiger partial charge >= 0.3 is 0 Å². The summed E-state index contributed by atoms with van der Waals surface area (Å²) in [7, 11) is 0. The van der Waals surface area contributed by atoms with Crippen molar-refractivity contribution in [2.45, 2.75) is 25.7 Å². The molecule has 0 saturated carbocycles. The van der Waals surface area contributed by atoms with Gasteiger partial charge in [0.1, 0.15) is 0 Å². The molecule has 1 aromatic heterocycles. The zero-order chi connectivity index (χ0) is 28.3. The fourth-order valence-electron chi connectivity index (χ4n) is 5.51. The van der Waals surface area contributed by atoms with Crippen LogP contribution in [0.3, 0.4) is 0 Å². The Balaban J connectivity index is 1.29. The van der Waals surface area contributed by atoms with Crippen molar-refractivity contribution in [1.29, 1.82) is 0 Å². The predicted molar refractivity (Wildman–Crippen MR) is 172 cm³/mol. The molecule has 0 aliphatic heterocycles. The molecular weight excluding hydrogens is 536 g/mol. The molecule has 0 radical (unpaired) electrons. The first kappa shape index (κ1) is 26.1. The summed E-state index contributed by atoms with van der Waals surface area (Å²) in [6.45, 7) is 0. The predicted octanol–water partition coefficient (Wildman–Crippen LogP) is 9.15. The molecule has 0 fully saturated rings. The number of nitrogens with one attached hydrogen (secondary N) is 1.